The van der Waals surface area contributed by atoms with E-state index in [4.69, 9.17) is 5.41 Å². The van der Waals surface area contributed by atoms with E-state index < -0.39 is 0 Å². The second-order valence-electron chi connectivity index (χ2n) is 6.29. The fourth-order valence-corrected chi connectivity index (χ4v) is 4.12. The van der Waals surface area contributed by atoms with Crippen LogP contribution in [0.25, 0.3) is 15.8 Å². The number of carbonyl (C=O) groups excluding carboxylic acids is 1. The minimum Gasteiger partial charge on any atom is -0.510 e. The molecule has 0 bridgehead atoms. The van der Waals surface area contributed by atoms with Gasteiger partial charge in [0.1, 0.15) is 16.6 Å². The molecule has 1 aromatic heterocycles. The minimum atomic E-state index is -0.212. The number of carbonyl (C=O) groups is 1. The van der Waals surface area contributed by atoms with Gasteiger partial charge in [-0.2, -0.15) is 0 Å². The smallest absolute Gasteiger partial charge is 0.251 e. The molecule has 1 aliphatic heterocycles. The van der Waals surface area contributed by atoms with Crippen LogP contribution in [0.15, 0.2) is 66.9 Å². The third kappa shape index (κ3) is 3.16. The molecule has 6 nitrogen and oxygen atoms in total. The molecule has 0 saturated carbocycles. The fourth-order valence-electron chi connectivity index (χ4n) is 3.09. The number of nitrogens with zero attached hydrogens (tertiary/aromatic N) is 2. The average molecular weight is 390 g/mol. The molecule has 140 valence electrons. The third-order valence-electron chi connectivity index (χ3n) is 4.44. The van der Waals surface area contributed by atoms with Gasteiger partial charge < -0.3 is 15.3 Å². The highest BCUT2D eigenvalue weighted by Gasteiger charge is 2.31. The largest absolute Gasteiger partial charge is 0.510 e. The predicted octanol–water partition coefficient (Wildman–Crippen LogP) is 3.98. The summed E-state index contributed by atoms with van der Waals surface area (Å²) < 4.78 is 1.00. The van der Waals surface area contributed by atoms with Crippen LogP contribution in [0.5, 0.6) is 0 Å². The summed E-state index contributed by atoms with van der Waals surface area (Å²) in [5.41, 5.74) is 2.43. The van der Waals surface area contributed by atoms with Crippen molar-refractivity contribution in [3.8, 4) is 0 Å². The molecule has 2 aromatic carbocycles. The molecule has 3 aromatic rings. The second-order valence-corrected chi connectivity index (χ2v) is 7.32. The highest BCUT2D eigenvalue weighted by atomic mass is 32.1. The first-order valence-corrected chi connectivity index (χ1v) is 9.54. The van der Waals surface area contributed by atoms with Crippen LogP contribution >= 0.6 is 11.3 Å². The summed E-state index contributed by atoms with van der Waals surface area (Å²) in [5, 5.41) is 22.5. The molecule has 0 saturated heterocycles. The van der Waals surface area contributed by atoms with Crippen molar-refractivity contribution in [2.75, 3.05) is 18.0 Å². The quantitative estimate of drug-likeness (QED) is 0.575. The topological polar surface area (TPSA) is 89.3 Å². The van der Waals surface area contributed by atoms with Crippen LogP contribution < -0.4 is 10.2 Å². The lowest BCUT2D eigenvalue weighted by Gasteiger charge is -2.19. The maximum absolute atomic E-state index is 12.2. The van der Waals surface area contributed by atoms with Crippen LogP contribution in [0.3, 0.4) is 0 Å². The molecule has 0 radical (unpaired) electrons. The molecule has 7 heteroatoms. The molecular weight excluding hydrogens is 372 g/mol. The number of amides is 1. The van der Waals surface area contributed by atoms with Crippen LogP contribution in [0.4, 0.5) is 5.69 Å². The Morgan fingerprint density at radius 3 is 2.93 bits per heavy atom. The zero-order valence-corrected chi connectivity index (χ0v) is 15.8. The molecule has 0 spiro atoms. The molecule has 28 heavy (non-hydrogen) atoms. The lowest BCUT2D eigenvalue weighted by molar-refractivity contribution is 0.0958. The van der Waals surface area contributed by atoms with E-state index in [1.165, 1.54) is 11.3 Å². The summed E-state index contributed by atoms with van der Waals surface area (Å²) in [6.07, 6.45) is 1.62. The first-order chi connectivity index (χ1) is 13.6. The summed E-state index contributed by atoms with van der Waals surface area (Å²) >= 11 is 1.45. The van der Waals surface area contributed by atoms with Gasteiger partial charge in [-0.25, -0.2) is 4.98 Å². The summed E-state index contributed by atoms with van der Waals surface area (Å²) in [5.74, 6) is 0.0572. The standard InChI is InChI=1S/C21H18N4O2S/c1-2-10-23-20(27)13-6-5-7-14(11-13)25-12-16(26)18(19(25)22)21-24-15-8-3-4-9-17(15)28-21/h2-9,11,22,26H,1,10,12H2,(H,23,27). The van der Waals surface area contributed by atoms with Gasteiger partial charge in [-0.3, -0.25) is 10.2 Å². The van der Waals surface area contributed by atoms with Crippen molar-refractivity contribution in [2.45, 2.75) is 0 Å². The highest BCUT2D eigenvalue weighted by Crippen LogP contribution is 2.35. The van der Waals surface area contributed by atoms with Gasteiger partial charge in [-0.15, -0.1) is 17.9 Å². The van der Waals surface area contributed by atoms with E-state index in [0.717, 1.165) is 10.2 Å². The Morgan fingerprint density at radius 2 is 2.14 bits per heavy atom. The van der Waals surface area contributed by atoms with E-state index in [2.05, 4.69) is 16.9 Å². The first-order valence-electron chi connectivity index (χ1n) is 8.72. The Hall–Kier alpha value is -3.45. The number of amidine groups is 1. The van der Waals surface area contributed by atoms with Gasteiger partial charge in [-0.05, 0) is 30.3 Å². The number of benzene rings is 2. The van der Waals surface area contributed by atoms with Crippen molar-refractivity contribution in [3.05, 3.63) is 77.5 Å². The summed E-state index contributed by atoms with van der Waals surface area (Å²) in [7, 11) is 0. The lowest BCUT2D eigenvalue weighted by atomic mass is 10.1. The molecule has 0 atom stereocenters. The number of hydrogen-bond acceptors (Lipinski definition) is 5. The molecule has 0 aliphatic carbocycles. The SMILES string of the molecule is C=CCNC(=O)c1cccc(N2CC(O)=C(c3nc4ccccc4s3)C2=N)c1. The number of fused-ring (bicyclic) bond motifs is 1. The number of aliphatic hydroxyl groups is 1. The number of anilines is 1. The van der Waals surface area contributed by atoms with Crippen LogP contribution in [0.1, 0.15) is 15.4 Å². The van der Waals surface area contributed by atoms with E-state index in [1.54, 1.807) is 29.2 Å². The first kappa shape index (κ1) is 17.9. The molecule has 1 amide bonds. The van der Waals surface area contributed by atoms with Gasteiger partial charge >= 0.3 is 0 Å². The highest BCUT2D eigenvalue weighted by molar-refractivity contribution is 7.19. The zero-order valence-electron chi connectivity index (χ0n) is 15.0. The van der Waals surface area contributed by atoms with Crippen molar-refractivity contribution in [1.82, 2.24) is 10.3 Å². The molecule has 1 aliphatic rings. The van der Waals surface area contributed by atoms with Crippen LogP contribution in [-0.4, -0.2) is 34.9 Å². The number of aromatic nitrogens is 1. The maximum Gasteiger partial charge on any atom is 0.251 e. The Morgan fingerprint density at radius 1 is 1.32 bits per heavy atom. The third-order valence-corrected chi connectivity index (χ3v) is 5.49. The molecule has 3 N–H and O–H groups in total. The Balaban J connectivity index is 1.63. The number of nitrogens with one attached hydrogen (secondary N) is 2. The lowest BCUT2D eigenvalue weighted by Crippen LogP contribution is -2.27. The van der Waals surface area contributed by atoms with Gasteiger partial charge in [0, 0.05) is 17.8 Å². The number of hydrogen-bond donors (Lipinski definition) is 3. The fraction of sp³-hybridized carbons (Fsp3) is 0.0952. The average Bonchev–Trinajstić information content (AvgIpc) is 3.26. The summed E-state index contributed by atoms with van der Waals surface area (Å²) in [6, 6.07) is 14.7. The Labute approximate surface area is 166 Å². The monoisotopic (exact) mass is 390 g/mol. The Bertz CT molecular complexity index is 1100. The zero-order chi connectivity index (χ0) is 19.7. The van der Waals surface area contributed by atoms with E-state index in [9.17, 15) is 9.90 Å². The van der Waals surface area contributed by atoms with Gasteiger partial charge in [0.15, 0.2) is 0 Å². The van der Waals surface area contributed by atoms with Crippen LogP contribution in [0.2, 0.25) is 0 Å². The Kier molecular flexibility index (Phi) is 4.67. The van der Waals surface area contributed by atoms with Crippen molar-refractivity contribution in [3.63, 3.8) is 0 Å². The van der Waals surface area contributed by atoms with Gasteiger partial charge in [0.05, 0.1) is 22.3 Å². The normalized spacial score (nSPS) is 14.0. The van der Waals surface area contributed by atoms with E-state index >= 15 is 0 Å². The summed E-state index contributed by atoms with van der Waals surface area (Å²) in [6.45, 7) is 4.14. The number of aliphatic hydroxyl groups excluding tert-OH is 1. The van der Waals surface area contributed by atoms with Crippen LogP contribution in [0, 0.1) is 5.41 Å². The number of thiazole rings is 1. The van der Waals surface area contributed by atoms with Crippen molar-refractivity contribution < 1.29 is 9.90 Å². The van der Waals surface area contributed by atoms with Crippen molar-refractivity contribution >= 4 is 44.6 Å². The minimum absolute atomic E-state index is 0.102. The van der Waals surface area contributed by atoms with Gasteiger partial charge in [-0.1, -0.05) is 24.3 Å². The number of rotatable bonds is 5. The van der Waals surface area contributed by atoms with Crippen molar-refractivity contribution in [2.24, 2.45) is 0 Å². The molecule has 0 fully saturated rings. The molecule has 2 heterocycles. The van der Waals surface area contributed by atoms with Gasteiger partial charge in [0.2, 0.25) is 0 Å². The second kappa shape index (κ2) is 7.28. The summed E-state index contributed by atoms with van der Waals surface area (Å²) in [4.78, 5) is 18.4. The molecule has 4 rings (SSSR count). The number of para-hydroxylation sites is 1. The molecular formula is C21H18N4O2S. The van der Waals surface area contributed by atoms with Gasteiger partial charge in [0.25, 0.3) is 5.91 Å². The predicted molar refractivity (Wildman–Crippen MR) is 113 cm³/mol. The van der Waals surface area contributed by atoms with Crippen molar-refractivity contribution in [1.29, 1.82) is 5.41 Å². The van der Waals surface area contributed by atoms with Crippen LogP contribution in [-0.2, 0) is 0 Å². The van der Waals surface area contributed by atoms with E-state index in [-0.39, 0.29) is 24.0 Å². The molecule has 0 unspecified atom stereocenters. The van der Waals surface area contributed by atoms with E-state index in [0.29, 0.717) is 28.4 Å². The van der Waals surface area contributed by atoms with E-state index in [1.807, 2.05) is 30.3 Å². The maximum atomic E-state index is 12.2.